The number of carbonyl (C=O) groups is 1. The lowest BCUT2D eigenvalue weighted by Crippen LogP contribution is -2.39. The summed E-state index contributed by atoms with van der Waals surface area (Å²) in [6, 6.07) is 24.7. The predicted octanol–water partition coefficient (Wildman–Crippen LogP) is 6.37. The average Bonchev–Trinajstić information content (AvgIpc) is 2.84. The summed E-state index contributed by atoms with van der Waals surface area (Å²) in [7, 11) is 0. The van der Waals surface area contributed by atoms with Gasteiger partial charge in [-0.05, 0) is 55.0 Å². The van der Waals surface area contributed by atoms with Crippen LogP contribution in [0.5, 0.6) is 0 Å². The first-order valence-electron chi connectivity index (χ1n) is 11.1. The van der Waals surface area contributed by atoms with Gasteiger partial charge in [0.05, 0.1) is 16.8 Å². The second-order valence-corrected chi connectivity index (χ2v) is 8.50. The zero-order chi connectivity index (χ0) is 24.7. The molecule has 7 heteroatoms. The number of rotatable bonds is 3. The summed E-state index contributed by atoms with van der Waals surface area (Å²) in [5.74, 6) is -0.910. The molecule has 0 saturated carbocycles. The Morgan fingerprint density at radius 3 is 1.94 bits per heavy atom. The minimum absolute atomic E-state index is 0.0413. The average molecular weight is 474 g/mol. The second kappa shape index (κ2) is 8.58. The summed E-state index contributed by atoms with van der Waals surface area (Å²) in [6.07, 6.45) is -4.51. The summed E-state index contributed by atoms with van der Waals surface area (Å²) in [6.45, 7) is 1.80. The maximum atomic E-state index is 14.0. The Labute approximate surface area is 199 Å². The number of aryl methyl sites for hydroxylation is 1. The van der Waals surface area contributed by atoms with E-state index in [9.17, 15) is 22.8 Å². The maximum absolute atomic E-state index is 14.0. The van der Waals surface area contributed by atoms with E-state index in [1.54, 1.807) is 29.7 Å². The molecule has 3 aromatic carbocycles. The molecule has 0 radical (unpaired) electrons. The summed E-state index contributed by atoms with van der Waals surface area (Å²) < 4.78 is 41.0. The van der Waals surface area contributed by atoms with E-state index in [0.29, 0.717) is 33.9 Å². The number of amides is 1. The van der Waals surface area contributed by atoms with Crippen molar-refractivity contribution in [3.63, 3.8) is 0 Å². The standard InChI is InChI=1S/C28H21F3N2O2/c1-18-16-24-26(27(35)32(18)21-8-4-2-5-9-21)23(19-12-14-20(15-13-19)28(29,30)31)17-25(34)33(24)22-10-6-3-7-11-22/h2-16,23H,17H2,1H3. The van der Waals surface area contributed by atoms with Crippen molar-refractivity contribution in [3.8, 4) is 5.69 Å². The van der Waals surface area contributed by atoms with Crippen molar-refractivity contribution in [2.45, 2.75) is 25.4 Å². The quantitative estimate of drug-likeness (QED) is 0.347. The number of pyridine rings is 1. The number of carbonyl (C=O) groups excluding carboxylic acids is 1. The number of fused-ring (bicyclic) bond motifs is 1. The van der Waals surface area contributed by atoms with Crippen LogP contribution in [-0.2, 0) is 11.0 Å². The first-order chi connectivity index (χ1) is 16.8. The van der Waals surface area contributed by atoms with Crippen LogP contribution in [0.4, 0.5) is 24.5 Å². The Bertz CT molecular complexity index is 1440. The number of alkyl halides is 3. The zero-order valence-electron chi connectivity index (χ0n) is 18.8. The fourth-order valence-electron chi connectivity index (χ4n) is 4.69. The smallest absolute Gasteiger partial charge is 0.281 e. The molecule has 1 unspecified atom stereocenters. The van der Waals surface area contributed by atoms with Crippen molar-refractivity contribution >= 4 is 17.3 Å². The fraction of sp³-hybridized carbons (Fsp3) is 0.143. The molecule has 0 bridgehead atoms. The summed E-state index contributed by atoms with van der Waals surface area (Å²) in [5.41, 5.74) is 2.18. The van der Waals surface area contributed by atoms with Gasteiger partial charge in [0.15, 0.2) is 0 Å². The van der Waals surface area contributed by atoms with Gasteiger partial charge in [0.25, 0.3) is 5.56 Å². The Morgan fingerprint density at radius 2 is 1.37 bits per heavy atom. The van der Waals surface area contributed by atoms with Crippen molar-refractivity contribution in [1.82, 2.24) is 4.57 Å². The molecule has 1 aliphatic heterocycles. The number of hydrogen-bond donors (Lipinski definition) is 0. The van der Waals surface area contributed by atoms with E-state index in [4.69, 9.17) is 0 Å². The van der Waals surface area contributed by atoms with Crippen LogP contribution in [0.25, 0.3) is 5.69 Å². The van der Waals surface area contributed by atoms with Crippen molar-refractivity contribution in [3.05, 3.63) is 124 Å². The minimum atomic E-state index is -4.47. The van der Waals surface area contributed by atoms with Crippen molar-refractivity contribution in [2.24, 2.45) is 0 Å². The molecule has 1 amide bonds. The normalized spacial score (nSPS) is 15.7. The molecule has 2 heterocycles. The zero-order valence-corrected chi connectivity index (χ0v) is 18.8. The first-order valence-corrected chi connectivity index (χ1v) is 11.1. The molecule has 0 N–H and O–H groups in total. The monoisotopic (exact) mass is 474 g/mol. The molecule has 176 valence electrons. The van der Waals surface area contributed by atoms with Gasteiger partial charge in [-0.25, -0.2) is 0 Å². The highest BCUT2D eigenvalue weighted by Crippen LogP contribution is 2.42. The minimum Gasteiger partial charge on any atom is -0.281 e. The number of hydrogen-bond acceptors (Lipinski definition) is 2. The molecule has 1 atom stereocenters. The lowest BCUT2D eigenvalue weighted by Gasteiger charge is -2.35. The van der Waals surface area contributed by atoms with Crippen molar-refractivity contribution in [1.29, 1.82) is 0 Å². The topological polar surface area (TPSA) is 42.3 Å². The van der Waals surface area contributed by atoms with Gasteiger partial charge >= 0.3 is 6.18 Å². The SMILES string of the molecule is Cc1cc2c(c(=O)n1-c1ccccc1)C(c1ccc(C(F)(F)F)cc1)CC(=O)N2c1ccccc1. The first kappa shape index (κ1) is 22.7. The van der Waals surface area contributed by atoms with Crippen LogP contribution < -0.4 is 10.5 Å². The van der Waals surface area contributed by atoms with Gasteiger partial charge in [-0.15, -0.1) is 0 Å². The molecule has 4 nitrogen and oxygen atoms in total. The van der Waals surface area contributed by atoms with Gasteiger partial charge in [-0.3, -0.25) is 19.1 Å². The highest BCUT2D eigenvalue weighted by atomic mass is 19.4. The Kier molecular flexibility index (Phi) is 5.55. The molecule has 0 spiro atoms. The van der Waals surface area contributed by atoms with Crippen LogP contribution in [0.3, 0.4) is 0 Å². The Balaban J connectivity index is 1.75. The van der Waals surface area contributed by atoms with Crippen molar-refractivity contribution < 1.29 is 18.0 Å². The third-order valence-corrected chi connectivity index (χ3v) is 6.29. The van der Waals surface area contributed by atoms with Crippen LogP contribution in [0.1, 0.15) is 34.7 Å². The maximum Gasteiger partial charge on any atom is 0.416 e. The van der Waals surface area contributed by atoms with E-state index < -0.39 is 17.7 Å². The molecule has 4 aromatic rings. The van der Waals surface area contributed by atoms with E-state index in [0.717, 1.165) is 12.1 Å². The molecule has 0 saturated heterocycles. The van der Waals surface area contributed by atoms with E-state index >= 15 is 0 Å². The van der Waals surface area contributed by atoms with E-state index in [-0.39, 0.29) is 17.9 Å². The molecule has 1 aromatic heterocycles. The molecule has 5 rings (SSSR count). The van der Waals surface area contributed by atoms with E-state index in [2.05, 4.69) is 0 Å². The van der Waals surface area contributed by atoms with Gasteiger partial charge in [-0.1, -0.05) is 48.5 Å². The predicted molar refractivity (Wildman–Crippen MR) is 128 cm³/mol. The number of para-hydroxylation sites is 2. The third kappa shape index (κ3) is 4.03. The van der Waals surface area contributed by atoms with Crippen LogP contribution in [0.2, 0.25) is 0 Å². The molecule has 0 fully saturated rings. The number of nitrogens with zero attached hydrogens (tertiary/aromatic N) is 2. The number of halogens is 3. The molecule has 35 heavy (non-hydrogen) atoms. The number of anilines is 2. The third-order valence-electron chi connectivity index (χ3n) is 6.29. The lowest BCUT2D eigenvalue weighted by molar-refractivity contribution is -0.137. The molecule has 1 aliphatic rings. The molecule has 0 aliphatic carbocycles. The summed E-state index contributed by atoms with van der Waals surface area (Å²) >= 11 is 0. The van der Waals surface area contributed by atoms with Gasteiger partial charge in [-0.2, -0.15) is 13.2 Å². The fourth-order valence-corrected chi connectivity index (χ4v) is 4.69. The Hall–Kier alpha value is -4.13. The van der Waals surface area contributed by atoms with Crippen LogP contribution in [-0.4, -0.2) is 10.5 Å². The highest BCUT2D eigenvalue weighted by Gasteiger charge is 2.37. The second-order valence-electron chi connectivity index (χ2n) is 8.50. The largest absolute Gasteiger partial charge is 0.416 e. The van der Waals surface area contributed by atoms with E-state index in [1.165, 1.54) is 17.0 Å². The van der Waals surface area contributed by atoms with Crippen LogP contribution in [0, 0.1) is 6.92 Å². The van der Waals surface area contributed by atoms with Gasteiger partial charge in [0, 0.05) is 29.4 Å². The van der Waals surface area contributed by atoms with Crippen molar-refractivity contribution in [2.75, 3.05) is 4.90 Å². The Morgan fingerprint density at radius 1 is 0.800 bits per heavy atom. The number of benzene rings is 3. The number of aromatic nitrogens is 1. The summed E-state index contributed by atoms with van der Waals surface area (Å²) in [4.78, 5) is 28.9. The lowest BCUT2D eigenvalue weighted by atomic mass is 9.83. The van der Waals surface area contributed by atoms with Gasteiger partial charge in [0.2, 0.25) is 5.91 Å². The van der Waals surface area contributed by atoms with Crippen LogP contribution in [0.15, 0.2) is 95.8 Å². The highest BCUT2D eigenvalue weighted by molar-refractivity contribution is 6.04. The van der Waals surface area contributed by atoms with Gasteiger partial charge in [0.1, 0.15) is 0 Å². The van der Waals surface area contributed by atoms with Crippen LogP contribution >= 0.6 is 0 Å². The van der Waals surface area contributed by atoms with Gasteiger partial charge < -0.3 is 0 Å². The van der Waals surface area contributed by atoms with E-state index in [1.807, 2.05) is 48.5 Å². The molecular formula is C28H21F3N2O2. The summed E-state index contributed by atoms with van der Waals surface area (Å²) in [5, 5.41) is 0. The molecular weight excluding hydrogens is 453 g/mol.